The maximum atomic E-state index is 10.2. The zero-order chi connectivity index (χ0) is 14.7. The van der Waals surface area contributed by atoms with Gasteiger partial charge in [0.15, 0.2) is 0 Å². The van der Waals surface area contributed by atoms with E-state index in [4.69, 9.17) is 0 Å². The summed E-state index contributed by atoms with van der Waals surface area (Å²) in [7, 11) is 0. The fraction of sp³-hybridized carbons (Fsp3) is 0.643. The van der Waals surface area contributed by atoms with E-state index in [1.165, 1.54) is 17.6 Å². The number of hydrogen-bond donors (Lipinski definition) is 1. The van der Waals surface area contributed by atoms with Gasteiger partial charge in [0.25, 0.3) is 0 Å². The van der Waals surface area contributed by atoms with E-state index in [0.717, 1.165) is 24.6 Å². The Balaban J connectivity index is 1.52. The molecule has 114 valence electrons. The van der Waals surface area contributed by atoms with Gasteiger partial charge in [0.05, 0.1) is 12.6 Å². The first-order chi connectivity index (χ1) is 10.2. The molecule has 3 rings (SSSR count). The molecule has 0 unspecified atom stereocenters. The Morgan fingerprint density at radius 2 is 2.19 bits per heavy atom. The topological polar surface area (TPSA) is 67.1 Å². The average Bonchev–Trinajstić information content (AvgIpc) is 3.12. The molecule has 0 aliphatic carbocycles. The predicted molar refractivity (Wildman–Crippen MR) is 82.0 cm³/mol. The third kappa shape index (κ3) is 3.87. The number of likely N-dealkylation sites (tertiary alicyclic amines) is 1. The lowest BCUT2D eigenvalue weighted by molar-refractivity contribution is 0.0743. The molecule has 0 bridgehead atoms. The number of piperidine rings is 1. The van der Waals surface area contributed by atoms with Crippen molar-refractivity contribution in [3.05, 3.63) is 16.8 Å². The van der Waals surface area contributed by atoms with Gasteiger partial charge in [0.2, 0.25) is 5.82 Å². The van der Waals surface area contributed by atoms with Crippen molar-refractivity contribution in [3.63, 3.8) is 0 Å². The first-order valence-corrected chi connectivity index (χ1v) is 8.36. The zero-order valence-electron chi connectivity index (χ0n) is 12.2. The summed E-state index contributed by atoms with van der Waals surface area (Å²) in [6, 6.07) is 1.97. The van der Waals surface area contributed by atoms with Crippen LogP contribution in [-0.4, -0.2) is 56.0 Å². The molecule has 0 amide bonds. The third-order valence-corrected chi connectivity index (χ3v) is 4.63. The van der Waals surface area contributed by atoms with Gasteiger partial charge in [-0.2, -0.15) is 16.1 Å². The van der Waals surface area contributed by atoms with Crippen LogP contribution in [-0.2, 0) is 6.54 Å². The van der Waals surface area contributed by atoms with Gasteiger partial charge >= 0.3 is 0 Å². The van der Waals surface area contributed by atoms with Gasteiger partial charge in [0.1, 0.15) is 0 Å². The van der Waals surface area contributed by atoms with Crippen molar-refractivity contribution >= 4 is 11.3 Å². The van der Waals surface area contributed by atoms with Gasteiger partial charge in [-0.25, -0.2) is 0 Å². The van der Waals surface area contributed by atoms with Crippen molar-refractivity contribution in [1.82, 2.24) is 25.1 Å². The number of thiophene rings is 1. The number of aromatic nitrogens is 4. The fourth-order valence-corrected chi connectivity index (χ4v) is 3.25. The second-order valence-electron chi connectivity index (χ2n) is 5.82. The van der Waals surface area contributed by atoms with Crippen LogP contribution < -0.4 is 0 Å². The van der Waals surface area contributed by atoms with Crippen LogP contribution in [0.15, 0.2) is 16.8 Å². The molecule has 2 aromatic heterocycles. The van der Waals surface area contributed by atoms with E-state index in [-0.39, 0.29) is 0 Å². The highest BCUT2D eigenvalue weighted by Crippen LogP contribution is 2.17. The van der Waals surface area contributed by atoms with E-state index in [9.17, 15) is 5.11 Å². The summed E-state index contributed by atoms with van der Waals surface area (Å²) in [6.07, 6.45) is 1.98. The second-order valence-corrected chi connectivity index (χ2v) is 6.60. The van der Waals surface area contributed by atoms with Gasteiger partial charge in [-0.15, -0.1) is 10.2 Å². The van der Waals surface area contributed by atoms with E-state index >= 15 is 0 Å². The molecular weight excluding hydrogens is 286 g/mol. The smallest absolute Gasteiger partial charge is 0.205 e. The second kappa shape index (κ2) is 6.64. The van der Waals surface area contributed by atoms with Crippen molar-refractivity contribution in [3.8, 4) is 11.4 Å². The highest BCUT2D eigenvalue weighted by Gasteiger charge is 2.19. The van der Waals surface area contributed by atoms with Crippen LogP contribution in [0.25, 0.3) is 11.4 Å². The Hall–Kier alpha value is -1.31. The van der Waals surface area contributed by atoms with Crippen molar-refractivity contribution in [2.75, 3.05) is 19.6 Å². The SMILES string of the molecule is CC1CCN(C[C@@H](O)Cn2nnc(-c3ccsc3)n2)CC1. The lowest BCUT2D eigenvalue weighted by atomic mass is 9.99. The van der Waals surface area contributed by atoms with E-state index in [1.807, 2.05) is 16.8 Å². The predicted octanol–water partition coefficient (Wildman–Crippen LogP) is 1.49. The van der Waals surface area contributed by atoms with Gasteiger partial charge < -0.3 is 10.0 Å². The monoisotopic (exact) mass is 307 g/mol. The van der Waals surface area contributed by atoms with E-state index in [2.05, 4.69) is 27.2 Å². The van der Waals surface area contributed by atoms with Gasteiger partial charge in [-0.1, -0.05) is 6.92 Å². The highest BCUT2D eigenvalue weighted by atomic mass is 32.1. The Morgan fingerprint density at radius 1 is 1.38 bits per heavy atom. The normalized spacial score (nSPS) is 19.0. The molecule has 1 saturated heterocycles. The molecule has 0 spiro atoms. The summed E-state index contributed by atoms with van der Waals surface area (Å²) in [5.41, 5.74) is 0.978. The zero-order valence-corrected chi connectivity index (χ0v) is 13.0. The molecular formula is C14H21N5OS. The average molecular weight is 307 g/mol. The lowest BCUT2D eigenvalue weighted by Crippen LogP contribution is -2.40. The Morgan fingerprint density at radius 3 is 2.90 bits per heavy atom. The standard InChI is InChI=1S/C14H21N5OS/c1-11-2-5-18(6-3-11)8-13(20)9-19-16-14(15-17-19)12-4-7-21-10-12/h4,7,10-11,13,20H,2-3,5-6,8-9H2,1H3/t13-/m1/s1. The van der Waals surface area contributed by atoms with Crippen molar-refractivity contribution in [1.29, 1.82) is 0 Å². The van der Waals surface area contributed by atoms with E-state index < -0.39 is 6.10 Å². The molecule has 1 atom stereocenters. The quantitative estimate of drug-likeness (QED) is 0.906. The van der Waals surface area contributed by atoms with Crippen LogP contribution in [0.5, 0.6) is 0 Å². The maximum Gasteiger partial charge on any atom is 0.205 e. The molecule has 1 aliphatic heterocycles. The number of aliphatic hydroxyl groups is 1. The number of nitrogens with zero attached hydrogens (tertiary/aromatic N) is 5. The van der Waals surface area contributed by atoms with Gasteiger partial charge in [-0.3, -0.25) is 0 Å². The third-order valence-electron chi connectivity index (χ3n) is 3.95. The van der Waals surface area contributed by atoms with Crippen molar-refractivity contribution < 1.29 is 5.11 Å². The van der Waals surface area contributed by atoms with E-state index in [0.29, 0.717) is 18.9 Å². The minimum absolute atomic E-state index is 0.392. The summed E-state index contributed by atoms with van der Waals surface area (Å²) in [5, 5.41) is 26.5. The molecule has 1 aliphatic rings. The summed E-state index contributed by atoms with van der Waals surface area (Å²) in [4.78, 5) is 3.81. The van der Waals surface area contributed by atoms with Gasteiger partial charge in [0, 0.05) is 17.5 Å². The molecule has 2 aromatic rings. The van der Waals surface area contributed by atoms with Crippen LogP contribution in [0, 0.1) is 5.92 Å². The Labute approximate surface area is 128 Å². The Bertz CT molecular complexity index is 547. The highest BCUT2D eigenvalue weighted by molar-refractivity contribution is 7.08. The molecule has 0 aromatic carbocycles. The number of aliphatic hydroxyl groups excluding tert-OH is 1. The minimum atomic E-state index is -0.456. The number of hydrogen-bond acceptors (Lipinski definition) is 6. The number of β-amino-alcohol motifs (C(OH)–C–C–N with tert-alkyl or cyclic N) is 1. The summed E-state index contributed by atoms with van der Waals surface area (Å²) >= 11 is 1.61. The Kier molecular flexibility index (Phi) is 4.62. The van der Waals surface area contributed by atoms with Gasteiger partial charge in [-0.05, 0) is 48.5 Å². The first-order valence-electron chi connectivity index (χ1n) is 7.41. The molecule has 6 nitrogen and oxygen atoms in total. The number of rotatable bonds is 5. The summed E-state index contributed by atoms with van der Waals surface area (Å²) in [5.74, 6) is 1.43. The fourth-order valence-electron chi connectivity index (χ4n) is 2.62. The minimum Gasteiger partial charge on any atom is -0.390 e. The molecule has 0 saturated carbocycles. The van der Waals surface area contributed by atoms with Crippen LogP contribution in [0.3, 0.4) is 0 Å². The van der Waals surface area contributed by atoms with Crippen LogP contribution in [0.4, 0.5) is 0 Å². The number of tetrazole rings is 1. The van der Waals surface area contributed by atoms with Crippen LogP contribution in [0.1, 0.15) is 19.8 Å². The van der Waals surface area contributed by atoms with Crippen molar-refractivity contribution in [2.45, 2.75) is 32.4 Å². The molecule has 7 heteroatoms. The molecule has 21 heavy (non-hydrogen) atoms. The van der Waals surface area contributed by atoms with Crippen LogP contribution in [0.2, 0.25) is 0 Å². The summed E-state index contributed by atoms with van der Waals surface area (Å²) in [6.45, 7) is 5.51. The largest absolute Gasteiger partial charge is 0.390 e. The van der Waals surface area contributed by atoms with Crippen molar-refractivity contribution in [2.24, 2.45) is 5.92 Å². The lowest BCUT2D eigenvalue weighted by Gasteiger charge is -2.31. The first kappa shape index (κ1) is 14.6. The molecule has 3 heterocycles. The van der Waals surface area contributed by atoms with E-state index in [1.54, 1.807) is 11.3 Å². The molecule has 0 radical (unpaired) electrons. The molecule has 1 N–H and O–H groups in total. The molecule has 1 fully saturated rings. The maximum absolute atomic E-state index is 10.2. The summed E-state index contributed by atoms with van der Waals surface area (Å²) < 4.78 is 0. The van der Waals surface area contributed by atoms with Crippen LogP contribution >= 0.6 is 11.3 Å².